The second-order valence-electron chi connectivity index (χ2n) is 6.87. The number of nitrogens with one attached hydrogen (secondary N) is 1. The van der Waals surface area contributed by atoms with Crippen LogP contribution in [0.15, 0.2) is 54.7 Å². The van der Waals surface area contributed by atoms with Gasteiger partial charge in [0.25, 0.3) is 5.91 Å². The number of hydrogen-bond donors (Lipinski definition) is 1. The molecule has 0 radical (unpaired) electrons. The number of rotatable bonds is 8. The van der Waals surface area contributed by atoms with Crippen LogP contribution in [0.4, 0.5) is 0 Å². The summed E-state index contributed by atoms with van der Waals surface area (Å²) in [6, 6.07) is 15.0. The van der Waals surface area contributed by atoms with Crippen molar-refractivity contribution in [1.29, 1.82) is 0 Å². The molecule has 2 aromatic carbocycles. The van der Waals surface area contributed by atoms with E-state index in [1.54, 1.807) is 38.6 Å². The van der Waals surface area contributed by atoms with Crippen LogP contribution >= 0.6 is 0 Å². The second-order valence-corrected chi connectivity index (χ2v) is 6.87. The highest BCUT2D eigenvalue weighted by atomic mass is 16.5. The molecule has 30 heavy (non-hydrogen) atoms. The minimum Gasteiger partial charge on any atom is -0.496 e. The van der Waals surface area contributed by atoms with Crippen LogP contribution in [-0.4, -0.2) is 25.1 Å². The Balaban J connectivity index is 1.68. The summed E-state index contributed by atoms with van der Waals surface area (Å²) in [6.45, 7) is 4.59. The van der Waals surface area contributed by atoms with E-state index in [1.807, 2.05) is 44.2 Å². The van der Waals surface area contributed by atoms with Gasteiger partial charge in [0.15, 0.2) is 11.5 Å². The Bertz CT molecular complexity index is 1020. The van der Waals surface area contributed by atoms with E-state index in [0.29, 0.717) is 30.2 Å². The predicted molar refractivity (Wildman–Crippen MR) is 115 cm³/mol. The zero-order valence-corrected chi connectivity index (χ0v) is 17.7. The fourth-order valence-corrected chi connectivity index (χ4v) is 3.18. The van der Waals surface area contributed by atoms with Crippen molar-refractivity contribution in [3.05, 3.63) is 82.7 Å². The first-order chi connectivity index (χ1) is 14.5. The summed E-state index contributed by atoms with van der Waals surface area (Å²) >= 11 is 0. The number of ether oxygens (including phenoxy) is 3. The largest absolute Gasteiger partial charge is 0.496 e. The third kappa shape index (κ3) is 4.89. The van der Waals surface area contributed by atoms with Crippen molar-refractivity contribution in [1.82, 2.24) is 10.3 Å². The smallest absolute Gasteiger partial charge is 0.251 e. The maximum absolute atomic E-state index is 12.6. The van der Waals surface area contributed by atoms with Crippen molar-refractivity contribution >= 4 is 5.91 Å². The number of nitrogens with zero attached hydrogens (tertiary/aromatic N) is 1. The summed E-state index contributed by atoms with van der Waals surface area (Å²) < 4.78 is 16.7. The van der Waals surface area contributed by atoms with E-state index < -0.39 is 0 Å². The molecule has 0 saturated carbocycles. The topological polar surface area (TPSA) is 69.7 Å². The Hall–Kier alpha value is -3.54. The van der Waals surface area contributed by atoms with E-state index >= 15 is 0 Å². The van der Waals surface area contributed by atoms with Crippen LogP contribution in [0.2, 0.25) is 0 Å². The van der Waals surface area contributed by atoms with Gasteiger partial charge in [-0.1, -0.05) is 30.3 Å². The third-order valence-electron chi connectivity index (χ3n) is 4.83. The number of amides is 1. The number of methoxy groups -OCH3 is 2. The quantitative estimate of drug-likeness (QED) is 0.606. The normalized spacial score (nSPS) is 10.4. The van der Waals surface area contributed by atoms with Crippen molar-refractivity contribution in [3.8, 4) is 17.2 Å². The van der Waals surface area contributed by atoms with E-state index in [2.05, 4.69) is 10.3 Å². The first-order valence-corrected chi connectivity index (χ1v) is 9.65. The van der Waals surface area contributed by atoms with Crippen molar-refractivity contribution in [2.24, 2.45) is 0 Å². The van der Waals surface area contributed by atoms with Gasteiger partial charge >= 0.3 is 0 Å². The molecular formula is C24H26N2O4. The Morgan fingerprint density at radius 2 is 1.77 bits per heavy atom. The molecule has 6 nitrogen and oxygen atoms in total. The van der Waals surface area contributed by atoms with Gasteiger partial charge in [-0.25, -0.2) is 0 Å². The summed E-state index contributed by atoms with van der Waals surface area (Å²) in [4.78, 5) is 17.1. The average molecular weight is 406 g/mol. The molecule has 1 N–H and O–H groups in total. The van der Waals surface area contributed by atoms with Gasteiger partial charge in [0.1, 0.15) is 12.4 Å². The molecule has 0 aliphatic heterocycles. The lowest BCUT2D eigenvalue weighted by molar-refractivity contribution is 0.0950. The lowest BCUT2D eigenvalue weighted by Crippen LogP contribution is -2.24. The van der Waals surface area contributed by atoms with E-state index in [1.165, 1.54) is 0 Å². The monoisotopic (exact) mass is 406 g/mol. The molecule has 0 spiro atoms. The Labute approximate surface area is 176 Å². The Kier molecular flexibility index (Phi) is 6.91. The van der Waals surface area contributed by atoms with Crippen molar-refractivity contribution in [3.63, 3.8) is 0 Å². The van der Waals surface area contributed by atoms with Gasteiger partial charge < -0.3 is 19.5 Å². The van der Waals surface area contributed by atoms with Crippen LogP contribution in [0.3, 0.4) is 0 Å². The zero-order chi connectivity index (χ0) is 21.5. The minimum absolute atomic E-state index is 0.219. The van der Waals surface area contributed by atoms with E-state index in [-0.39, 0.29) is 5.91 Å². The molecule has 0 atom stereocenters. The zero-order valence-electron chi connectivity index (χ0n) is 17.7. The summed E-state index contributed by atoms with van der Waals surface area (Å²) in [5.41, 5.74) is 4.18. The van der Waals surface area contributed by atoms with Crippen LogP contribution in [-0.2, 0) is 13.2 Å². The van der Waals surface area contributed by atoms with E-state index in [0.717, 1.165) is 28.1 Å². The molecule has 3 rings (SSSR count). The summed E-state index contributed by atoms with van der Waals surface area (Å²) in [5, 5.41) is 2.90. The Morgan fingerprint density at radius 3 is 2.47 bits per heavy atom. The average Bonchev–Trinajstić information content (AvgIpc) is 2.78. The number of benzene rings is 2. The molecule has 1 aromatic heterocycles. The molecule has 0 saturated heterocycles. The van der Waals surface area contributed by atoms with Gasteiger partial charge in [0.05, 0.1) is 26.5 Å². The maximum atomic E-state index is 12.6. The number of carbonyl (C=O) groups is 1. The molecule has 1 amide bonds. The number of hydrogen-bond acceptors (Lipinski definition) is 5. The van der Waals surface area contributed by atoms with Gasteiger partial charge in [0, 0.05) is 22.9 Å². The minimum atomic E-state index is -0.219. The molecule has 0 fully saturated rings. The van der Waals surface area contributed by atoms with Gasteiger partial charge in [-0.2, -0.15) is 0 Å². The molecule has 0 aliphatic carbocycles. The van der Waals surface area contributed by atoms with Gasteiger partial charge in [-0.3, -0.25) is 9.78 Å². The van der Waals surface area contributed by atoms with Crippen LogP contribution in [0.1, 0.15) is 32.7 Å². The highest BCUT2D eigenvalue weighted by Crippen LogP contribution is 2.29. The van der Waals surface area contributed by atoms with Crippen LogP contribution < -0.4 is 19.5 Å². The first kappa shape index (κ1) is 21.2. The lowest BCUT2D eigenvalue weighted by Gasteiger charge is -2.14. The molecular weight excluding hydrogens is 380 g/mol. The summed E-state index contributed by atoms with van der Waals surface area (Å²) in [5.74, 6) is 1.66. The SMILES string of the molecule is COc1cc(C(=O)NCc2ncc(C)c(OC)c2C)ccc1OCc1ccccc1. The van der Waals surface area contributed by atoms with Gasteiger partial charge in [-0.05, 0) is 37.6 Å². The first-order valence-electron chi connectivity index (χ1n) is 9.65. The number of aromatic nitrogens is 1. The maximum Gasteiger partial charge on any atom is 0.251 e. The van der Waals surface area contributed by atoms with Crippen molar-refractivity contribution in [2.45, 2.75) is 27.0 Å². The number of pyridine rings is 1. The third-order valence-corrected chi connectivity index (χ3v) is 4.83. The molecule has 0 bridgehead atoms. The molecule has 6 heteroatoms. The molecule has 0 unspecified atom stereocenters. The molecule has 1 heterocycles. The fraction of sp³-hybridized carbons (Fsp3) is 0.250. The van der Waals surface area contributed by atoms with Gasteiger partial charge in [0.2, 0.25) is 0 Å². The highest BCUT2D eigenvalue weighted by molar-refractivity contribution is 5.94. The highest BCUT2D eigenvalue weighted by Gasteiger charge is 2.14. The molecule has 156 valence electrons. The van der Waals surface area contributed by atoms with Crippen molar-refractivity contribution < 1.29 is 19.0 Å². The second kappa shape index (κ2) is 9.78. The fourth-order valence-electron chi connectivity index (χ4n) is 3.18. The number of aryl methyl sites for hydroxylation is 1. The van der Waals surface area contributed by atoms with E-state index in [9.17, 15) is 4.79 Å². The summed E-state index contributed by atoms with van der Waals surface area (Å²) in [7, 11) is 3.18. The number of carbonyl (C=O) groups excluding carboxylic acids is 1. The van der Waals surface area contributed by atoms with E-state index in [4.69, 9.17) is 14.2 Å². The van der Waals surface area contributed by atoms with Crippen molar-refractivity contribution in [2.75, 3.05) is 14.2 Å². The molecule has 0 aliphatic rings. The standard InChI is InChI=1S/C24H26N2O4/c1-16-13-25-20(17(2)23(16)29-4)14-26-24(27)19-10-11-21(22(12-19)28-3)30-15-18-8-6-5-7-9-18/h5-13H,14-15H2,1-4H3,(H,26,27). The van der Waals surface area contributed by atoms with Crippen LogP contribution in [0, 0.1) is 13.8 Å². The Morgan fingerprint density at radius 1 is 1.00 bits per heavy atom. The van der Waals surface area contributed by atoms with Gasteiger partial charge in [-0.15, -0.1) is 0 Å². The lowest BCUT2D eigenvalue weighted by atomic mass is 10.1. The van der Waals surface area contributed by atoms with Crippen LogP contribution in [0.25, 0.3) is 0 Å². The predicted octanol–water partition coefficient (Wildman–Crippen LogP) is 4.22. The van der Waals surface area contributed by atoms with Crippen LogP contribution in [0.5, 0.6) is 17.2 Å². The summed E-state index contributed by atoms with van der Waals surface area (Å²) in [6.07, 6.45) is 1.75. The molecule has 3 aromatic rings.